The number of furan rings is 1. The summed E-state index contributed by atoms with van der Waals surface area (Å²) in [6, 6.07) is 6.26. The van der Waals surface area contributed by atoms with Crippen LogP contribution in [-0.2, 0) is 14.8 Å². The molecule has 1 fully saturated rings. The van der Waals surface area contributed by atoms with Gasteiger partial charge in [-0.15, -0.1) is 0 Å². The van der Waals surface area contributed by atoms with Gasteiger partial charge in [0.05, 0.1) is 25.0 Å². The number of rotatable bonds is 5. The number of carbonyl (C=O) groups excluding carboxylic acids is 1. The summed E-state index contributed by atoms with van der Waals surface area (Å²) < 4.78 is 51.9. The number of carbonyl (C=O) groups is 1. The van der Waals surface area contributed by atoms with Crippen molar-refractivity contribution in [3.05, 3.63) is 53.7 Å². The number of H-pyrrole nitrogens is 1. The Kier molecular flexibility index (Phi) is 5.31. The van der Waals surface area contributed by atoms with Crippen LogP contribution in [0.25, 0.3) is 11.5 Å². The number of aromatic amines is 1. The van der Waals surface area contributed by atoms with Gasteiger partial charge in [-0.05, 0) is 31.2 Å². The number of halogens is 1. The van der Waals surface area contributed by atoms with Gasteiger partial charge in [0, 0.05) is 24.8 Å². The zero-order chi connectivity index (χ0) is 21.3. The number of aryl methyl sites for hydroxylation is 1. The fourth-order valence-electron chi connectivity index (χ4n) is 3.16. The van der Waals surface area contributed by atoms with Gasteiger partial charge in [0.2, 0.25) is 0 Å². The van der Waals surface area contributed by atoms with Crippen molar-refractivity contribution in [2.24, 2.45) is 0 Å². The number of hydrogen-bond donors (Lipinski definition) is 2. The van der Waals surface area contributed by atoms with E-state index in [2.05, 4.69) is 14.9 Å². The SMILES string of the molecule is Cc1oc(-c2[nH]ncc2C(=O)N2CCOCC2)cc1S(=O)(=O)Nc1ccc(F)cc1. The second kappa shape index (κ2) is 7.92. The lowest BCUT2D eigenvalue weighted by molar-refractivity contribution is 0.0303. The summed E-state index contributed by atoms with van der Waals surface area (Å²) in [5.74, 6) is -0.415. The van der Waals surface area contributed by atoms with E-state index in [1.54, 1.807) is 4.90 Å². The fraction of sp³-hybridized carbons (Fsp3) is 0.263. The summed E-state index contributed by atoms with van der Waals surface area (Å²) in [7, 11) is -3.99. The molecule has 0 radical (unpaired) electrons. The molecule has 0 spiro atoms. The number of hydrogen-bond acceptors (Lipinski definition) is 6. The maximum atomic E-state index is 13.1. The third kappa shape index (κ3) is 3.94. The Bertz CT molecular complexity index is 1160. The first-order valence-corrected chi connectivity index (χ1v) is 10.6. The van der Waals surface area contributed by atoms with Gasteiger partial charge in [-0.25, -0.2) is 12.8 Å². The lowest BCUT2D eigenvalue weighted by Gasteiger charge is -2.26. The molecule has 0 bridgehead atoms. The molecule has 0 aliphatic carbocycles. The molecule has 0 saturated carbocycles. The van der Waals surface area contributed by atoms with Crippen LogP contribution in [0.15, 0.2) is 45.8 Å². The molecule has 0 atom stereocenters. The molecule has 3 aromatic rings. The van der Waals surface area contributed by atoms with Crippen molar-refractivity contribution in [3.63, 3.8) is 0 Å². The van der Waals surface area contributed by atoms with Gasteiger partial charge in [-0.2, -0.15) is 5.10 Å². The topological polar surface area (TPSA) is 118 Å². The van der Waals surface area contributed by atoms with Crippen LogP contribution >= 0.6 is 0 Å². The van der Waals surface area contributed by atoms with Crippen LogP contribution in [0.4, 0.5) is 10.1 Å². The maximum absolute atomic E-state index is 13.1. The number of morpholine rings is 1. The van der Waals surface area contributed by atoms with Crippen molar-refractivity contribution in [3.8, 4) is 11.5 Å². The molecule has 1 aromatic carbocycles. The number of nitrogens with zero attached hydrogens (tertiary/aromatic N) is 2. The van der Waals surface area contributed by atoms with E-state index in [0.29, 0.717) is 26.3 Å². The Morgan fingerprint density at radius 2 is 1.93 bits per heavy atom. The minimum absolute atomic E-state index is 0.0961. The minimum Gasteiger partial charge on any atom is -0.458 e. The van der Waals surface area contributed by atoms with Gasteiger partial charge < -0.3 is 14.1 Å². The van der Waals surface area contributed by atoms with Crippen molar-refractivity contribution in [1.29, 1.82) is 0 Å². The molecule has 9 nitrogen and oxygen atoms in total. The van der Waals surface area contributed by atoms with Crippen molar-refractivity contribution in [1.82, 2.24) is 15.1 Å². The first kappa shape index (κ1) is 20.1. The van der Waals surface area contributed by atoms with Gasteiger partial charge in [0.25, 0.3) is 15.9 Å². The van der Waals surface area contributed by atoms with Crippen molar-refractivity contribution in [2.75, 3.05) is 31.0 Å². The number of aromatic nitrogens is 2. The quantitative estimate of drug-likeness (QED) is 0.637. The van der Waals surface area contributed by atoms with Gasteiger partial charge in [0.1, 0.15) is 22.2 Å². The lowest BCUT2D eigenvalue weighted by atomic mass is 10.2. The smallest absolute Gasteiger partial charge is 0.265 e. The van der Waals surface area contributed by atoms with Crippen LogP contribution in [0.2, 0.25) is 0 Å². The predicted molar refractivity (Wildman–Crippen MR) is 105 cm³/mol. The molecule has 11 heteroatoms. The van der Waals surface area contributed by atoms with E-state index in [9.17, 15) is 17.6 Å². The highest BCUT2D eigenvalue weighted by molar-refractivity contribution is 7.92. The Morgan fingerprint density at radius 3 is 2.63 bits per heavy atom. The Balaban J connectivity index is 1.62. The lowest BCUT2D eigenvalue weighted by Crippen LogP contribution is -2.40. The van der Waals surface area contributed by atoms with E-state index in [4.69, 9.17) is 9.15 Å². The Hall–Kier alpha value is -3.18. The van der Waals surface area contributed by atoms with Crippen LogP contribution in [0.3, 0.4) is 0 Å². The van der Waals surface area contributed by atoms with E-state index in [1.807, 2.05) is 0 Å². The van der Waals surface area contributed by atoms with E-state index in [-0.39, 0.29) is 39.3 Å². The molecule has 30 heavy (non-hydrogen) atoms. The molecule has 2 aromatic heterocycles. The number of sulfonamides is 1. The van der Waals surface area contributed by atoms with Crippen LogP contribution in [0.1, 0.15) is 16.1 Å². The molecular formula is C19H19FN4O5S. The second-order valence-electron chi connectivity index (χ2n) is 6.71. The fourth-order valence-corrected chi connectivity index (χ4v) is 4.39. The Morgan fingerprint density at radius 1 is 1.23 bits per heavy atom. The molecule has 158 valence electrons. The average molecular weight is 434 g/mol. The largest absolute Gasteiger partial charge is 0.458 e. The highest BCUT2D eigenvalue weighted by Gasteiger charge is 2.27. The predicted octanol–water partition coefficient (Wildman–Crippen LogP) is 2.39. The first-order valence-electron chi connectivity index (χ1n) is 9.15. The third-order valence-corrected chi connectivity index (χ3v) is 6.16. The van der Waals surface area contributed by atoms with Gasteiger partial charge >= 0.3 is 0 Å². The van der Waals surface area contributed by atoms with Crippen molar-refractivity contribution in [2.45, 2.75) is 11.8 Å². The van der Waals surface area contributed by atoms with Crippen LogP contribution in [0.5, 0.6) is 0 Å². The van der Waals surface area contributed by atoms with Crippen LogP contribution in [-0.4, -0.2) is 55.7 Å². The molecule has 0 unspecified atom stereocenters. The monoisotopic (exact) mass is 434 g/mol. The molecular weight excluding hydrogens is 415 g/mol. The van der Waals surface area contributed by atoms with Crippen LogP contribution in [0, 0.1) is 12.7 Å². The average Bonchev–Trinajstić information content (AvgIpc) is 3.36. The number of amides is 1. The summed E-state index contributed by atoms with van der Waals surface area (Å²) in [5, 5.41) is 6.64. The summed E-state index contributed by atoms with van der Waals surface area (Å²) in [4.78, 5) is 14.4. The van der Waals surface area contributed by atoms with Gasteiger partial charge in [-0.3, -0.25) is 14.6 Å². The molecule has 3 heterocycles. The minimum atomic E-state index is -3.99. The van der Waals surface area contributed by atoms with E-state index >= 15 is 0 Å². The van der Waals surface area contributed by atoms with Gasteiger partial charge in [0.15, 0.2) is 5.76 Å². The standard InChI is InChI=1S/C19H19FN4O5S/c1-12-17(30(26,27)23-14-4-2-13(20)3-5-14)10-16(29-12)18-15(11-21-22-18)19(25)24-6-8-28-9-7-24/h2-5,10-11,23H,6-9H2,1H3,(H,21,22). The maximum Gasteiger partial charge on any atom is 0.265 e. The summed E-state index contributed by atoms with van der Waals surface area (Å²) in [5.41, 5.74) is 0.780. The van der Waals surface area contributed by atoms with Crippen molar-refractivity contribution < 1.29 is 26.8 Å². The summed E-state index contributed by atoms with van der Waals surface area (Å²) in [6.45, 7) is 3.33. The molecule has 4 rings (SSSR count). The molecule has 1 saturated heterocycles. The second-order valence-corrected chi connectivity index (χ2v) is 8.36. The molecule has 1 aliphatic rings. The molecule has 2 N–H and O–H groups in total. The number of ether oxygens (including phenoxy) is 1. The zero-order valence-electron chi connectivity index (χ0n) is 16.0. The van der Waals surface area contributed by atoms with Crippen LogP contribution < -0.4 is 4.72 Å². The van der Waals surface area contributed by atoms with Crippen molar-refractivity contribution >= 4 is 21.6 Å². The number of nitrogens with one attached hydrogen (secondary N) is 2. The third-order valence-electron chi connectivity index (χ3n) is 4.67. The number of anilines is 1. The molecule has 1 amide bonds. The van der Waals surface area contributed by atoms with Gasteiger partial charge in [-0.1, -0.05) is 0 Å². The summed E-state index contributed by atoms with van der Waals surface area (Å²) in [6.07, 6.45) is 1.38. The zero-order valence-corrected chi connectivity index (χ0v) is 16.8. The summed E-state index contributed by atoms with van der Waals surface area (Å²) >= 11 is 0. The van der Waals surface area contributed by atoms with E-state index in [1.165, 1.54) is 31.3 Å². The van der Waals surface area contributed by atoms with E-state index < -0.39 is 15.8 Å². The normalized spacial score (nSPS) is 14.7. The highest BCUT2D eigenvalue weighted by Crippen LogP contribution is 2.30. The first-order chi connectivity index (χ1) is 14.3. The highest BCUT2D eigenvalue weighted by atomic mass is 32.2. The molecule has 1 aliphatic heterocycles. The number of benzene rings is 1. The Labute approximate surface area is 171 Å². The van der Waals surface area contributed by atoms with E-state index in [0.717, 1.165) is 12.1 Å².